The molecule has 11 heavy (non-hydrogen) atoms. The fourth-order valence-electron chi connectivity index (χ4n) is 0.710. The molecule has 0 spiro atoms. The molecule has 0 unspecified atom stereocenters. The molecule has 4 heteroatoms. The van der Waals surface area contributed by atoms with E-state index in [1.807, 2.05) is 0 Å². The summed E-state index contributed by atoms with van der Waals surface area (Å²) < 4.78 is 25.1. The maximum Gasteiger partial charge on any atom is 0.165 e. The predicted octanol–water partition coefficient (Wildman–Crippen LogP) is 2.41. The zero-order valence-corrected chi connectivity index (χ0v) is 6.20. The van der Waals surface area contributed by atoms with Crippen LogP contribution in [0.4, 0.5) is 8.78 Å². The first-order valence-electron chi connectivity index (χ1n) is 2.88. The van der Waals surface area contributed by atoms with Gasteiger partial charge >= 0.3 is 0 Å². The number of halogens is 3. The molecular weight excluding hydrogens is 174 g/mol. The highest BCUT2D eigenvalue weighted by molar-refractivity contribution is 6.17. The van der Waals surface area contributed by atoms with Crippen molar-refractivity contribution < 1.29 is 13.9 Å². The van der Waals surface area contributed by atoms with Crippen LogP contribution < -0.4 is 0 Å². The van der Waals surface area contributed by atoms with Crippen LogP contribution in [-0.4, -0.2) is 5.11 Å². The van der Waals surface area contributed by atoms with Crippen LogP contribution in [0.3, 0.4) is 0 Å². The lowest BCUT2D eigenvalue weighted by Crippen LogP contribution is -1.89. The number of alkyl halides is 1. The number of phenolic OH excluding ortho intramolecular Hbond substituents is 1. The molecule has 0 saturated carbocycles. The van der Waals surface area contributed by atoms with E-state index in [4.69, 9.17) is 16.7 Å². The Morgan fingerprint density at radius 2 is 1.82 bits per heavy atom. The third-order valence-corrected chi connectivity index (χ3v) is 1.58. The minimum atomic E-state index is -0.859. The van der Waals surface area contributed by atoms with Gasteiger partial charge in [-0.2, -0.15) is 0 Å². The first-order valence-corrected chi connectivity index (χ1v) is 3.42. The molecule has 60 valence electrons. The van der Waals surface area contributed by atoms with Crippen molar-refractivity contribution in [2.24, 2.45) is 0 Å². The highest BCUT2D eigenvalue weighted by Crippen LogP contribution is 2.24. The fraction of sp³-hybridized carbons (Fsp3) is 0.143. The maximum atomic E-state index is 12.6. The Labute approximate surface area is 67.2 Å². The van der Waals surface area contributed by atoms with Crippen molar-refractivity contribution in [1.82, 2.24) is 0 Å². The second kappa shape index (κ2) is 3.05. The van der Waals surface area contributed by atoms with Gasteiger partial charge in [-0.3, -0.25) is 0 Å². The molecule has 1 nitrogen and oxygen atoms in total. The summed E-state index contributed by atoms with van der Waals surface area (Å²) in [4.78, 5) is 0. The lowest BCUT2D eigenvalue weighted by atomic mass is 10.2. The Kier molecular flexibility index (Phi) is 2.29. The Hall–Kier alpha value is -0.830. The van der Waals surface area contributed by atoms with Gasteiger partial charge in [0.05, 0.1) is 5.88 Å². The molecule has 0 aliphatic heterocycles. The summed E-state index contributed by atoms with van der Waals surface area (Å²) in [7, 11) is 0. The summed E-state index contributed by atoms with van der Waals surface area (Å²) in [6.07, 6.45) is 0. The van der Waals surface area contributed by atoms with Crippen LogP contribution in [-0.2, 0) is 5.88 Å². The zero-order chi connectivity index (χ0) is 8.43. The van der Waals surface area contributed by atoms with Gasteiger partial charge in [-0.15, -0.1) is 11.6 Å². The topological polar surface area (TPSA) is 20.2 Å². The predicted molar refractivity (Wildman–Crippen MR) is 37.6 cm³/mol. The minimum Gasteiger partial charge on any atom is -0.505 e. The van der Waals surface area contributed by atoms with Gasteiger partial charge < -0.3 is 5.11 Å². The van der Waals surface area contributed by atoms with E-state index < -0.39 is 17.4 Å². The van der Waals surface area contributed by atoms with E-state index in [0.29, 0.717) is 0 Å². The van der Waals surface area contributed by atoms with Gasteiger partial charge in [-0.05, 0) is 12.1 Å². The van der Waals surface area contributed by atoms with Crippen molar-refractivity contribution in [3.63, 3.8) is 0 Å². The lowest BCUT2D eigenvalue weighted by molar-refractivity contribution is 0.420. The summed E-state index contributed by atoms with van der Waals surface area (Å²) in [5, 5.41) is 8.88. The lowest BCUT2D eigenvalue weighted by Gasteiger charge is -2.01. The SMILES string of the molecule is Oc1c(F)ccc(F)c1CCl. The number of benzene rings is 1. The van der Waals surface area contributed by atoms with Crippen LogP contribution in [0.5, 0.6) is 5.75 Å². The number of hydrogen-bond donors (Lipinski definition) is 1. The standard InChI is InChI=1S/C7H5ClF2O/c8-3-4-5(9)1-2-6(10)7(4)11/h1-2,11H,3H2. The van der Waals surface area contributed by atoms with Crippen LogP contribution in [0.2, 0.25) is 0 Å². The highest BCUT2D eigenvalue weighted by Gasteiger charge is 2.10. The zero-order valence-electron chi connectivity index (χ0n) is 5.44. The Balaban J connectivity index is 3.29. The van der Waals surface area contributed by atoms with Crippen molar-refractivity contribution in [2.45, 2.75) is 5.88 Å². The largest absolute Gasteiger partial charge is 0.505 e. The van der Waals surface area contributed by atoms with E-state index >= 15 is 0 Å². The number of hydrogen-bond acceptors (Lipinski definition) is 1. The van der Waals surface area contributed by atoms with Gasteiger partial charge in [-0.25, -0.2) is 8.78 Å². The van der Waals surface area contributed by atoms with Gasteiger partial charge in [0, 0.05) is 5.56 Å². The average Bonchev–Trinajstić information content (AvgIpc) is 1.99. The van der Waals surface area contributed by atoms with Crippen molar-refractivity contribution in [2.75, 3.05) is 0 Å². The Bertz CT molecular complexity index is 275. The van der Waals surface area contributed by atoms with Gasteiger partial charge in [0.25, 0.3) is 0 Å². The molecule has 0 fully saturated rings. The van der Waals surface area contributed by atoms with Crippen molar-refractivity contribution >= 4 is 11.6 Å². The summed E-state index contributed by atoms with van der Waals surface area (Å²) in [5.41, 5.74) is -0.202. The highest BCUT2D eigenvalue weighted by atomic mass is 35.5. The molecule has 0 atom stereocenters. The molecule has 0 radical (unpaired) electrons. The van der Waals surface area contributed by atoms with Crippen LogP contribution >= 0.6 is 11.6 Å². The molecular formula is C7H5ClF2O. The van der Waals surface area contributed by atoms with Crippen molar-refractivity contribution in [3.05, 3.63) is 29.3 Å². The molecule has 1 aromatic rings. The molecule has 1 rings (SSSR count). The van der Waals surface area contributed by atoms with Gasteiger partial charge in [0.2, 0.25) is 0 Å². The van der Waals surface area contributed by atoms with E-state index in [2.05, 4.69) is 0 Å². The molecule has 0 aliphatic rings. The van der Waals surface area contributed by atoms with E-state index in [-0.39, 0.29) is 11.4 Å². The summed E-state index contributed by atoms with van der Waals surface area (Å²) >= 11 is 5.24. The molecule has 0 amide bonds. The number of aromatic hydroxyl groups is 1. The van der Waals surface area contributed by atoms with E-state index in [1.165, 1.54) is 0 Å². The number of phenols is 1. The second-order valence-electron chi connectivity index (χ2n) is 1.99. The Morgan fingerprint density at radius 1 is 1.27 bits per heavy atom. The summed E-state index contributed by atoms with van der Waals surface area (Å²) in [6.45, 7) is 0. The quantitative estimate of drug-likeness (QED) is 0.655. The molecule has 0 heterocycles. The summed E-state index contributed by atoms with van der Waals surface area (Å²) in [6, 6.07) is 1.77. The van der Waals surface area contributed by atoms with E-state index in [9.17, 15) is 8.78 Å². The first kappa shape index (κ1) is 8.27. The molecule has 0 bridgehead atoms. The van der Waals surface area contributed by atoms with Crippen LogP contribution in [0.15, 0.2) is 12.1 Å². The van der Waals surface area contributed by atoms with Gasteiger partial charge in [0.15, 0.2) is 11.6 Å². The summed E-state index contributed by atoms with van der Waals surface area (Å²) in [5.74, 6) is -2.50. The van der Waals surface area contributed by atoms with Crippen molar-refractivity contribution in [3.8, 4) is 5.75 Å². The smallest absolute Gasteiger partial charge is 0.165 e. The second-order valence-corrected chi connectivity index (χ2v) is 2.26. The van der Waals surface area contributed by atoms with E-state index in [0.717, 1.165) is 12.1 Å². The third-order valence-electron chi connectivity index (χ3n) is 1.31. The van der Waals surface area contributed by atoms with Crippen LogP contribution in [0.25, 0.3) is 0 Å². The van der Waals surface area contributed by atoms with E-state index in [1.54, 1.807) is 0 Å². The third kappa shape index (κ3) is 1.43. The Morgan fingerprint density at radius 3 is 2.27 bits per heavy atom. The van der Waals surface area contributed by atoms with Crippen LogP contribution in [0.1, 0.15) is 5.56 Å². The molecule has 0 saturated heterocycles. The average molecular weight is 179 g/mol. The monoisotopic (exact) mass is 178 g/mol. The van der Waals surface area contributed by atoms with Gasteiger partial charge in [0.1, 0.15) is 5.82 Å². The van der Waals surface area contributed by atoms with Gasteiger partial charge in [-0.1, -0.05) is 0 Å². The minimum absolute atomic E-state index is 0.202. The number of rotatable bonds is 1. The molecule has 0 aromatic heterocycles. The molecule has 1 N–H and O–H groups in total. The van der Waals surface area contributed by atoms with Crippen LogP contribution in [0, 0.1) is 11.6 Å². The molecule has 1 aromatic carbocycles. The fourth-order valence-corrected chi connectivity index (χ4v) is 0.964. The normalized spacial score (nSPS) is 10.1. The van der Waals surface area contributed by atoms with Crippen molar-refractivity contribution in [1.29, 1.82) is 0 Å². The molecule has 0 aliphatic carbocycles. The first-order chi connectivity index (χ1) is 5.16. The maximum absolute atomic E-state index is 12.6.